The highest BCUT2D eigenvalue weighted by molar-refractivity contribution is 6.30. The third kappa shape index (κ3) is 3.43. The van der Waals surface area contributed by atoms with Crippen LogP contribution in [0.2, 0.25) is 0 Å². The highest BCUT2D eigenvalue weighted by Crippen LogP contribution is 2.21. The second-order valence-electron chi connectivity index (χ2n) is 2.48. The van der Waals surface area contributed by atoms with Crippen molar-refractivity contribution in [2.75, 3.05) is 12.5 Å². The molecule has 0 aromatic heterocycles. The van der Waals surface area contributed by atoms with Crippen LogP contribution in [0.4, 0.5) is 0 Å². The van der Waals surface area contributed by atoms with Crippen molar-refractivity contribution in [1.82, 2.24) is 0 Å². The average Bonchev–Trinajstić information content (AvgIpc) is 2.03. The van der Waals surface area contributed by atoms with Crippen LogP contribution in [0.3, 0.4) is 0 Å². The predicted molar refractivity (Wildman–Crippen MR) is 45.2 cm³/mol. The van der Waals surface area contributed by atoms with E-state index >= 15 is 0 Å². The third-order valence-electron chi connectivity index (χ3n) is 1.43. The summed E-state index contributed by atoms with van der Waals surface area (Å²) in [5.41, 5.74) is 0. The lowest BCUT2D eigenvalue weighted by Crippen LogP contribution is -2.46. The van der Waals surface area contributed by atoms with Gasteiger partial charge in [-0.05, 0) is 6.42 Å². The Kier molecular flexibility index (Phi) is 5.40. The number of halogens is 2. The number of rotatable bonds is 5. The summed E-state index contributed by atoms with van der Waals surface area (Å²) in [6.07, 6.45) is -2.91. The first-order valence-electron chi connectivity index (χ1n) is 3.40. The second-order valence-corrected chi connectivity index (χ2v) is 3.40. The standard InChI is InChI=1S/C6H12Cl2O4/c7-3-6(8,12)5(11)4(10)1-2-9/h4-5,9-12H,1-3H2. The summed E-state index contributed by atoms with van der Waals surface area (Å²) in [6, 6.07) is 0. The molecular formula is C6H12Cl2O4. The summed E-state index contributed by atoms with van der Waals surface area (Å²) in [7, 11) is 0. The van der Waals surface area contributed by atoms with E-state index in [1.807, 2.05) is 0 Å². The maximum Gasteiger partial charge on any atom is 0.180 e. The molecule has 12 heavy (non-hydrogen) atoms. The first-order valence-corrected chi connectivity index (χ1v) is 4.31. The fourth-order valence-electron chi connectivity index (χ4n) is 0.664. The van der Waals surface area contributed by atoms with Crippen molar-refractivity contribution in [1.29, 1.82) is 0 Å². The summed E-state index contributed by atoms with van der Waals surface area (Å²) in [5, 5.41) is 33.7. The smallest absolute Gasteiger partial charge is 0.180 e. The highest BCUT2D eigenvalue weighted by atomic mass is 35.5. The second kappa shape index (κ2) is 5.21. The molecule has 0 aliphatic rings. The van der Waals surface area contributed by atoms with E-state index in [-0.39, 0.29) is 13.0 Å². The zero-order chi connectivity index (χ0) is 9.78. The van der Waals surface area contributed by atoms with Crippen LogP contribution in [0, 0.1) is 0 Å². The van der Waals surface area contributed by atoms with Crippen molar-refractivity contribution in [3.8, 4) is 0 Å². The van der Waals surface area contributed by atoms with E-state index in [4.69, 9.17) is 43.6 Å². The van der Waals surface area contributed by atoms with Crippen LogP contribution in [0.25, 0.3) is 0 Å². The van der Waals surface area contributed by atoms with Crippen LogP contribution >= 0.6 is 23.2 Å². The zero-order valence-electron chi connectivity index (χ0n) is 6.32. The molecule has 4 nitrogen and oxygen atoms in total. The van der Waals surface area contributed by atoms with E-state index in [1.54, 1.807) is 0 Å². The van der Waals surface area contributed by atoms with Crippen LogP contribution in [0.15, 0.2) is 0 Å². The summed E-state index contributed by atoms with van der Waals surface area (Å²) in [5.74, 6) is -0.405. The largest absolute Gasteiger partial charge is 0.396 e. The number of aliphatic hydroxyl groups excluding tert-OH is 3. The first-order chi connectivity index (χ1) is 5.45. The van der Waals surface area contributed by atoms with Gasteiger partial charge in [0.05, 0.1) is 12.0 Å². The van der Waals surface area contributed by atoms with Crippen LogP contribution < -0.4 is 0 Å². The van der Waals surface area contributed by atoms with E-state index in [0.717, 1.165) is 0 Å². The van der Waals surface area contributed by atoms with Crippen LogP contribution in [0.1, 0.15) is 6.42 Å². The minimum absolute atomic E-state index is 0.0624. The normalized spacial score (nSPS) is 21.5. The molecule has 0 amide bonds. The molecule has 0 aliphatic heterocycles. The van der Waals surface area contributed by atoms with Crippen molar-refractivity contribution in [2.45, 2.75) is 23.7 Å². The first kappa shape index (κ1) is 12.4. The fraction of sp³-hybridized carbons (Fsp3) is 1.00. The van der Waals surface area contributed by atoms with Gasteiger partial charge in [-0.25, -0.2) is 0 Å². The van der Waals surface area contributed by atoms with Gasteiger partial charge in [-0.2, -0.15) is 0 Å². The van der Waals surface area contributed by atoms with Gasteiger partial charge in [-0.3, -0.25) is 0 Å². The van der Waals surface area contributed by atoms with Gasteiger partial charge >= 0.3 is 0 Å². The molecule has 3 atom stereocenters. The molecule has 0 fully saturated rings. The summed E-state index contributed by atoms with van der Waals surface area (Å²) in [6.45, 7) is -0.298. The molecule has 0 heterocycles. The fourth-order valence-corrected chi connectivity index (χ4v) is 0.968. The molecule has 0 aliphatic carbocycles. The Hall–Kier alpha value is 0.420. The highest BCUT2D eigenvalue weighted by Gasteiger charge is 2.37. The van der Waals surface area contributed by atoms with Gasteiger partial charge in [-0.1, -0.05) is 11.6 Å². The van der Waals surface area contributed by atoms with Crippen molar-refractivity contribution >= 4 is 23.2 Å². The molecule has 0 bridgehead atoms. The van der Waals surface area contributed by atoms with Crippen molar-refractivity contribution in [3.05, 3.63) is 0 Å². The maximum atomic E-state index is 9.15. The molecule has 4 N–H and O–H groups in total. The van der Waals surface area contributed by atoms with Crippen LogP contribution in [-0.4, -0.2) is 50.2 Å². The van der Waals surface area contributed by atoms with Gasteiger partial charge < -0.3 is 20.4 Å². The SMILES string of the molecule is OCCC(O)C(O)C(O)(Cl)CCl. The summed E-state index contributed by atoms with van der Waals surface area (Å²) >= 11 is 10.6. The Morgan fingerprint density at radius 2 is 1.83 bits per heavy atom. The Bertz CT molecular complexity index is 131. The van der Waals surface area contributed by atoms with Gasteiger partial charge in [0.25, 0.3) is 0 Å². The van der Waals surface area contributed by atoms with Crippen molar-refractivity contribution in [3.63, 3.8) is 0 Å². The molecule has 0 aromatic carbocycles. The van der Waals surface area contributed by atoms with Gasteiger partial charge in [0.1, 0.15) is 6.10 Å². The molecule has 0 saturated carbocycles. The van der Waals surface area contributed by atoms with Crippen molar-refractivity contribution in [2.24, 2.45) is 0 Å². The Balaban J connectivity index is 4.07. The molecule has 74 valence electrons. The van der Waals surface area contributed by atoms with E-state index in [1.165, 1.54) is 0 Å². The lowest BCUT2D eigenvalue weighted by atomic mass is 10.1. The lowest BCUT2D eigenvalue weighted by Gasteiger charge is -2.27. The van der Waals surface area contributed by atoms with Gasteiger partial charge in [-0.15, -0.1) is 11.6 Å². The quantitative estimate of drug-likeness (QED) is 0.459. The molecule has 0 saturated heterocycles. The van der Waals surface area contributed by atoms with Crippen molar-refractivity contribution < 1.29 is 20.4 Å². The monoisotopic (exact) mass is 218 g/mol. The number of hydrogen-bond acceptors (Lipinski definition) is 4. The van der Waals surface area contributed by atoms with Crippen LogP contribution in [-0.2, 0) is 0 Å². The molecule has 0 radical (unpaired) electrons. The number of alkyl halides is 2. The Morgan fingerprint density at radius 1 is 1.33 bits per heavy atom. The number of hydrogen-bond donors (Lipinski definition) is 4. The molecule has 3 unspecified atom stereocenters. The Morgan fingerprint density at radius 3 is 2.17 bits per heavy atom. The third-order valence-corrected chi connectivity index (χ3v) is 2.33. The maximum absolute atomic E-state index is 9.15. The Labute approximate surface area is 80.3 Å². The van der Waals surface area contributed by atoms with E-state index in [2.05, 4.69) is 0 Å². The summed E-state index contributed by atoms with van der Waals surface area (Å²) in [4.78, 5) is 0. The topological polar surface area (TPSA) is 80.9 Å². The van der Waals surface area contributed by atoms with E-state index in [9.17, 15) is 0 Å². The minimum atomic E-state index is -2.05. The van der Waals surface area contributed by atoms with Gasteiger partial charge in [0.2, 0.25) is 0 Å². The minimum Gasteiger partial charge on any atom is -0.396 e. The molecule has 0 aromatic rings. The van der Waals surface area contributed by atoms with Crippen LogP contribution in [0.5, 0.6) is 0 Å². The average molecular weight is 219 g/mol. The molecule has 0 rings (SSSR count). The summed E-state index contributed by atoms with van der Waals surface area (Å²) < 4.78 is 0. The van der Waals surface area contributed by atoms with E-state index < -0.39 is 23.1 Å². The molecule has 0 spiro atoms. The predicted octanol–water partition coefficient (Wildman–Crippen LogP) is -0.743. The molecular weight excluding hydrogens is 207 g/mol. The number of aliphatic hydroxyl groups is 4. The molecule has 6 heteroatoms. The van der Waals surface area contributed by atoms with Gasteiger partial charge in [0.15, 0.2) is 5.06 Å². The van der Waals surface area contributed by atoms with Gasteiger partial charge in [0, 0.05) is 6.61 Å². The van der Waals surface area contributed by atoms with E-state index in [0.29, 0.717) is 0 Å². The lowest BCUT2D eigenvalue weighted by molar-refractivity contribution is -0.0767. The zero-order valence-corrected chi connectivity index (χ0v) is 7.83.